The molecular formula is C13H15ClN4S. The lowest BCUT2D eigenvalue weighted by atomic mass is 10.1. The van der Waals surface area contributed by atoms with Crippen molar-refractivity contribution in [2.24, 2.45) is 12.8 Å². The molecule has 0 aliphatic carbocycles. The number of nitrogens with one attached hydrogen (secondary N) is 1. The number of rotatable bonds is 5. The molecule has 2 aromatic rings. The van der Waals surface area contributed by atoms with Gasteiger partial charge in [-0.3, -0.25) is 0 Å². The van der Waals surface area contributed by atoms with E-state index in [0.29, 0.717) is 10.0 Å². The van der Waals surface area contributed by atoms with Crippen LogP contribution in [0.15, 0.2) is 30.6 Å². The minimum absolute atomic E-state index is 0.358. The van der Waals surface area contributed by atoms with Crippen molar-refractivity contribution in [1.82, 2.24) is 9.55 Å². The fourth-order valence-electron chi connectivity index (χ4n) is 1.82. The zero-order chi connectivity index (χ0) is 13.8. The summed E-state index contributed by atoms with van der Waals surface area (Å²) in [5.41, 5.74) is 7.35. The van der Waals surface area contributed by atoms with E-state index in [1.54, 1.807) is 12.3 Å². The molecule has 0 saturated carbocycles. The summed E-state index contributed by atoms with van der Waals surface area (Å²) in [4.78, 5) is 4.63. The van der Waals surface area contributed by atoms with Gasteiger partial charge in [0, 0.05) is 48.7 Å². The smallest absolute Gasteiger partial charge is 0.110 e. The molecule has 100 valence electrons. The summed E-state index contributed by atoms with van der Waals surface area (Å²) in [6.45, 7) is 0.737. The first-order valence-corrected chi connectivity index (χ1v) is 6.66. The number of anilines is 1. The molecule has 0 saturated heterocycles. The molecule has 1 aromatic heterocycles. The third kappa shape index (κ3) is 3.45. The van der Waals surface area contributed by atoms with E-state index in [1.165, 1.54) is 0 Å². The van der Waals surface area contributed by atoms with Gasteiger partial charge in [-0.15, -0.1) is 0 Å². The van der Waals surface area contributed by atoms with Gasteiger partial charge in [-0.2, -0.15) is 0 Å². The van der Waals surface area contributed by atoms with E-state index in [-0.39, 0.29) is 0 Å². The van der Waals surface area contributed by atoms with Gasteiger partial charge in [0.05, 0.1) is 0 Å². The highest BCUT2D eigenvalue weighted by Gasteiger charge is 2.06. The second-order valence-electron chi connectivity index (χ2n) is 4.19. The molecule has 19 heavy (non-hydrogen) atoms. The van der Waals surface area contributed by atoms with Crippen molar-refractivity contribution < 1.29 is 0 Å². The predicted molar refractivity (Wildman–Crippen MR) is 82.7 cm³/mol. The monoisotopic (exact) mass is 294 g/mol. The molecule has 0 radical (unpaired) electrons. The highest BCUT2D eigenvalue weighted by Crippen LogP contribution is 2.21. The van der Waals surface area contributed by atoms with Gasteiger partial charge in [-0.1, -0.05) is 23.8 Å². The summed E-state index contributed by atoms with van der Waals surface area (Å²) in [5.74, 6) is 1.02. The first-order chi connectivity index (χ1) is 9.08. The van der Waals surface area contributed by atoms with Crippen LogP contribution in [-0.2, 0) is 13.5 Å². The Labute approximate surface area is 122 Å². The summed E-state index contributed by atoms with van der Waals surface area (Å²) >= 11 is 11.0. The van der Waals surface area contributed by atoms with Crippen LogP contribution in [0, 0.1) is 0 Å². The maximum Gasteiger partial charge on any atom is 0.110 e. The second-order valence-corrected chi connectivity index (χ2v) is 5.06. The third-order valence-corrected chi connectivity index (χ3v) is 3.29. The lowest BCUT2D eigenvalue weighted by Gasteiger charge is -2.11. The van der Waals surface area contributed by atoms with Crippen LogP contribution < -0.4 is 11.1 Å². The lowest BCUT2D eigenvalue weighted by Crippen LogP contribution is -2.15. The number of halogens is 1. The average molecular weight is 295 g/mol. The van der Waals surface area contributed by atoms with Crippen LogP contribution in [0.4, 0.5) is 5.69 Å². The summed E-state index contributed by atoms with van der Waals surface area (Å²) in [6, 6.07) is 5.43. The van der Waals surface area contributed by atoms with Gasteiger partial charge in [0.15, 0.2) is 0 Å². The Morgan fingerprint density at radius 2 is 2.32 bits per heavy atom. The Morgan fingerprint density at radius 1 is 1.53 bits per heavy atom. The molecular weight excluding hydrogens is 280 g/mol. The number of aromatic nitrogens is 2. The Kier molecular flexibility index (Phi) is 4.39. The fourth-order valence-corrected chi connectivity index (χ4v) is 2.17. The van der Waals surface area contributed by atoms with E-state index in [0.717, 1.165) is 30.0 Å². The van der Waals surface area contributed by atoms with E-state index in [4.69, 9.17) is 29.6 Å². The molecule has 0 atom stereocenters. The van der Waals surface area contributed by atoms with Crippen molar-refractivity contribution in [2.45, 2.75) is 6.42 Å². The first-order valence-electron chi connectivity index (χ1n) is 5.87. The second kappa shape index (κ2) is 6.04. The number of thiocarbonyl (C=S) groups is 1. The average Bonchev–Trinajstić information content (AvgIpc) is 2.75. The van der Waals surface area contributed by atoms with E-state index >= 15 is 0 Å². The van der Waals surface area contributed by atoms with Gasteiger partial charge in [0.2, 0.25) is 0 Å². The molecule has 0 unspecified atom stereocenters. The molecule has 4 nitrogen and oxygen atoms in total. The van der Waals surface area contributed by atoms with Crippen LogP contribution in [-0.4, -0.2) is 21.1 Å². The lowest BCUT2D eigenvalue weighted by molar-refractivity contribution is 0.789. The largest absolute Gasteiger partial charge is 0.389 e. The molecule has 0 spiro atoms. The molecule has 1 aromatic carbocycles. The van der Waals surface area contributed by atoms with Crippen LogP contribution in [0.5, 0.6) is 0 Å². The first kappa shape index (κ1) is 13.8. The van der Waals surface area contributed by atoms with Crippen molar-refractivity contribution in [3.05, 3.63) is 47.0 Å². The van der Waals surface area contributed by atoms with Crippen LogP contribution in [0.2, 0.25) is 5.02 Å². The summed E-state index contributed by atoms with van der Waals surface area (Å²) < 4.78 is 1.99. The Balaban J connectivity index is 2.05. The van der Waals surface area contributed by atoms with E-state index < -0.39 is 0 Å². The van der Waals surface area contributed by atoms with Gasteiger partial charge in [0.1, 0.15) is 10.8 Å². The molecule has 0 aliphatic rings. The third-order valence-electron chi connectivity index (χ3n) is 2.83. The highest BCUT2D eigenvalue weighted by molar-refractivity contribution is 7.80. The van der Waals surface area contributed by atoms with Gasteiger partial charge in [-0.25, -0.2) is 4.98 Å². The summed E-state index contributed by atoms with van der Waals surface area (Å²) in [6.07, 6.45) is 4.52. The minimum Gasteiger partial charge on any atom is -0.389 e. The maximum absolute atomic E-state index is 5.98. The molecule has 2 rings (SSSR count). The maximum atomic E-state index is 5.98. The highest BCUT2D eigenvalue weighted by atomic mass is 35.5. The number of nitrogens with zero attached hydrogens (tertiary/aromatic N) is 2. The normalized spacial score (nSPS) is 10.4. The number of benzene rings is 1. The van der Waals surface area contributed by atoms with E-state index in [2.05, 4.69) is 10.3 Å². The fraction of sp³-hybridized carbons (Fsp3) is 0.231. The van der Waals surface area contributed by atoms with Crippen molar-refractivity contribution in [3.63, 3.8) is 0 Å². The quantitative estimate of drug-likeness (QED) is 0.831. The number of aryl methyl sites for hydroxylation is 1. The molecule has 0 bridgehead atoms. The van der Waals surface area contributed by atoms with E-state index in [9.17, 15) is 0 Å². The Bertz CT molecular complexity index is 594. The predicted octanol–water partition coefficient (Wildman–Crippen LogP) is 2.36. The van der Waals surface area contributed by atoms with Gasteiger partial charge in [0.25, 0.3) is 0 Å². The molecule has 0 aliphatic heterocycles. The van der Waals surface area contributed by atoms with Crippen LogP contribution in [0.1, 0.15) is 11.4 Å². The number of hydrogen-bond acceptors (Lipinski definition) is 3. The zero-order valence-electron chi connectivity index (χ0n) is 10.6. The van der Waals surface area contributed by atoms with Gasteiger partial charge in [-0.05, 0) is 18.2 Å². The number of nitrogens with two attached hydrogens (primary N) is 1. The van der Waals surface area contributed by atoms with Gasteiger partial charge < -0.3 is 15.6 Å². The van der Waals surface area contributed by atoms with Gasteiger partial charge >= 0.3 is 0 Å². The molecule has 0 amide bonds. The van der Waals surface area contributed by atoms with Crippen LogP contribution >= 0.6 is 23.8 Å². The van der Waals surface area contributed by atoms with Crippen molar-refractivity contribution >= 4 is 34.5 Å². The Morgan fingerprint density at radius 3 is 2.95 bits per heavy atom. The summed E-state index contributed by atoms with van der Waals surface area (Å²) in [7, 11) is 1.97. The van der Waals surface area contributed by atoms with Crippen LogP contribution in [0.3, 0.4) is 0 Å². The van der Waals surface area contributed by atoms with Crippen LogP contribution in [0.25, 0.3) is 0 Å². The molecule has 1 heterocycles. The summed E-state index contributed by atoms with van der Waals surface area (Å²) in [5, 5.41) is 3.95. The number of hydrogen-bond donors (Lipinski definition) is 2. The standard InChI is InChI=1S/C13H15ClN4S/c1-18-7-6-17-12(18)4-5-16-11-8-9(14)2-3-10(11)13(15)19/h2-3,6-8,16H,4-5H2,1H3,(H2,15,19). The minimum atomic E-state index is 0.358. The Hall–Kier alpha value is -1.59. The topological polar surface area (TPSA) is 55.9 Å². The molecule has 3 N–H and O–H groups in total. The molecule has 0 fully saturated rings. The van der Waals surface area contributed by atoms with Crippen molar-refractivity contribution in [1.29, 1.82) is 0 Å². The zero-order valence-corrected chi connectivity index (χ0v) is 12.1. The SMILES string of the molecule is Cn1ccnc1CCNc1cc(Cl)ccc1C(N)=S. The van der Waals surface area contributed by atoms with Crippen molar-refractivity contribution in [3.8, 4) is 0 Å². The number of imidazole rings is 1. The van der Waals surface area contributed by atoms with E-state index in [1.807, 2.05) is 29.9 Å². The molecule has 6 heteroatoms. The van der Waals surface area contributed by atoms with Crippen molar-refractivity contribution in [2.75, 3.05) is 11.9 Å².